The summed E-state index contributed by atoms with van der Waals surface area (Å²) in [5, 5.41) is 11.4. The molecule has 1 fully saturated rings. The predicted molar refractivity (Wildman–Crippen MR) is 61.8 cm³/mol. The lowest BCUT2D eigenvalue weighted by atomic mass is 10.1. The third-order valence-corrected chi connectivity index (χ3v) is 2.99. The molecule has 5 heteroatoms. The summed E-state index contributed by atoms with van der Waals surface area (Å²) in [4.78, 5) is 26.3. The molecule has 2 rings (SSSR count). The van der Waals surface area contributed by atoms with Crippen molar-refractivity contribution in [3.05, 3.63) is 23.9 Å². The molecule has 0 saturated heterocycles. The highest BCUT2D eigenvalue weighted by molar-refractivity contribution is 5.92. The van der Waals surface area contributed by atoms with Gasteiger partial charge in [-0.05, 0) is 25.0 Å². The Labute approximate surface area is 98.9 Å². The average Bonchev–Trinajstić information content (AvgIpc) is 2.83. The Balaban J connectivity index is 1.98. The van der Waals surface area contributed by atoms with Crippen LogP contribution in [-0.2, 0) is 4.79 Å². The minimum Gasteiger partial charge on any atom is -0.478 e. The first-order chi connectivity index (χ1) is 8.16. The number of carbonyl (C=O) groups is 2. The van der Waals surface area contributed by atoms with Crippen molar-refractivity contribution in [2.45, 2.75) is 25.7 Å². The molecule has 90 valence electrons. The molecule has 1 aliphatic rings. The van der Waals surface area contributed by atoms with E-state index in [2.05, 4.69) is 10.3 Å². The number of hydrogen-bond acceptors (Lipinski definition) is 3. The number of nitrogens with one attached hydrogen (secondary N) is 1. The van der Waals surface area contributed by atoms with E-state index in [1.54, 1.807) is 0 Å². The quantitative estimate of drug-likeness (QED) is 0.837. The fourth-order valence-corrected chi connectivity index (χ4v) is 2.01. The Hall–Kier alpha value is -1.91. The van der Waals surface area contributed by atoms with Crippen molar-refractivity contribution in [2.24, 2.45) is 5.92 Å². The lowest BCUT2D eigenvalue weighted by Crippen LogP contribution is -2.20. The summed E-state index contributed by atoms with van der Waals surface area (Å²) in [7, 11) is 0. The van der Waals surface area contributed by atoms with E-state index in [9.17, 15) is 9.59 Å². The molecular weight excluding hydrogens is 220 g/mol. The Morgan fingerprint density at radius 2 is 2.00 bits per heavy atom. The van der Waals surface area contributed by atoms with Crippen molar-refractivity contribution in [3.63, 3.8) is 0 Å². The number of rotatable bonds is 3. The van der Waals surface area contributed by atoms with E-state index in [1.807, 2.05) is 0 Å². The Kier molecular flexibility index (Phi) is 3.37. The third-order valence-electron chi connectivity index (χ3n) is 2.99. The van der Waals surface area contributed by atoms with Gasteiger partial charge in [0, 0.05) is 12.1 Å². The summed E-state index contributed by atoms with van der Waals surface area (Å²) in [6.07, 6.45) is 5.30. The molecule has 0 bridgehead atoms. The summed E-state index contributed by atoms with van der Waals surface area (Å²) >= 11 is 0. The molecule has 1 heterocycles. The molecule has 5 nitrogen and oxygen atoms in total. The maximum atomic E-state index is 11.8. The number of carboxylic acids is 1. The normalized spacial score (nSPS) is 15.8. The van der Waals surface area contributed by atoms with Gasteiger partial charge in [0.15, 0.2) is 0 Å². The zero-order valence-corrected chi connectivity index (χ0v) is 9.35. The van der Waals surface area contributed by atoms with Crippen LogP contribution in [0.25, 0.3) is 0 Å². The largest absolute Gasteiger partial charge is 0.478 e. The van der Waals surface area contributed by atoms with Crippen LogP contribution in [0.3, 0.4) is 0 Å². The number of hydrogen-bond donors (Lipinski definition) is 2. The second kappa shape index (κ2) is 4.95. The molecule has 17 heavy (non-hydrogen) atoms. The van der Waals surface area contributed by atoms with Crippen LogP contribution in [0.2, 0.25) is 0 Å². The second-order valence-corrected chi connectivity index (χ2v) is 4.21. The molecule has 0 spiro atoms. The SMILES string of the molecule is O=C(O)c1ccc(NC(=O)C2CCCC2)nc1. The average molecular weight is 234 g/mol. The second-order valence-electron chi connectivity index (χ2n) is 4.21. The number of nitrogens with zero attached hydrogens (tertiary/aromatic N) is 1. The first-order valence-corrected chi connectivity index (χ1v) is 5.67. The first-order valence-electron chi connectivity index (χ1n) is 5.67. The lowest BCUT2D eigenvalue weighted by molar-refractivity contribution is -0.119. The number of carbonyl (C=O) groups excluding carboxylic acids is 1. The highest BCUT2D eigenvalue weighted by Gasteiger charge is 2.22. The van der Waals surface area contributed by atoms with Crippen LogP contribution in [0.15, 0.2) is 18.3 Å². The summed E-state index contributed by atoms with van der Waals surface area (Å²) in [6, 6.07) is 2.94. The topological polar surface area (TPSA) is 79.3 Å². The Morgan fingerprint density at radius 3 is 2.53 bits per heavy atom. The van der Waals surface area contributed by atoms with Crippen LogP contribution >= 0.6 is 0 Å². The van der Waals surface area contributed by atoms with Crippen molar-refractivity contribution in [3.8, 4) is 0 Å². The monoisotopic (exact) mass is 234 g/mol. The zero-order valence-electron chi connectivity index (χ0n) is 9.35. The summed E-state index contributed by atoms with van der Waals surface area (Å²) in [6.45, 7) is 0. The van der Waals surface area contributed by atoms with E-state index in [1.165, 1.54) is 18.3 Å². The number of anilines is 1. The molecule has 1 aliphatic carbocycles. The fraction of sp³-hybridized carbons (Fsp3) is 0.417. The number of pyridine rings is 1. The van der Waals surface area contributed by atoms with Crippen molar-refractivity contribution < 1.29 is 14.7 Å². The number of aromatic carboxylic acids is 1. The lowest BCUT2D eigenvalue weighted by Gasteiger charge is -2.09. The van der Waals surface area contributed by atoms with Crippen molar-refractivity contribution in [1.82, 2.24) is 4.98 Å². The highest BCUT2D eigenvalue weighted by Crippen LogP contribution is 2.25. The molecule has 0 radical (unpaired) electrons. The van der Waals surface area contributed by atoms with E-state index >= 15 is 0 Å². The van der Waals surface area contributed by atoms with Gasteiger partial charge in [-0.2, -0.15) is 0 Å². The minimum atomic E-state index is -1.02. The van der Waals surface area contributed by atoms with Gasteiger partial charge in [-0.15, -0.1) is 0 Å². The van der Waals surface area contributed by atoms with E-state index in [4.69, 9.17) is 5.11 Å². The van der Waals surface area contributed by atoms with E-state index < -0.39 is 5.97 Å². The maximum absolute atomic E-state index is 11.8. The van der Waals surface area contributed by atoms with Gasteiger partial charge in [0.2, 0.25) is 5.91 Å². The van der Waals surface area contributed by atoms with Crippen LogP contribution in [0.1, 0.15) is 36.0 Å². The smallest absolute Gasteiger partial charge is 0.337 e. The van der Waals surface area contributed by atoms with Crippen LogP contribution in [0, 0.1) is 5.92 Å². The van der Waals surface area contributed by atoms with E-state index in [0.717, 1.165) is 25.7 Å². The van der Waals surface area contributed by atoms with Crippen molar-refractivity contribution >= 4 is 17.7 Å². The molecule has 1 aromatic rings. The predicted octanol–water partition coefficient (Wildman–Crippen LogP) is 1.91. The maximum Gasteiger partial charge on any atom is 0.337 e. The number of aromatic nitrogens is 1. The fourth-order valence-electron chi connectivity index (χ4n) is 2.01. The Morgan fingerprint density at radius 1 is 1.29 bits per heavy atom. The summed E-state index contributed by atoms with van der Waals surface area (Å²) in [5.41, 5.74) is 0.115. The molecule has 1 saturated carbocycles. The van der Waals surface area contributed by atoms with Gasteiger partial charge < -0.3 is 10.4 Å². The van der Waals surface area contributed by atoms with Gasteiger partial charge in [0.25, 0.3) is 0 Å². The van der Waals surface area contributed by atoms with Gasteiger partial charge >= 0.3 is 5.97 Å². The van der Waals surface area contributed by atoms with Gasteiger partial charge in [-0.25, -0.2) is 9.78 Å². The number of carboxylic acid groups (broad SMARTS) is 1. The molecule has 0 aliphatic heterocycles. The third kappa shape index (κ3) is 2.81. The molecule has 0 atom stereocenters. The molecule has 2 N–H and O–H groups in total. The molecule has 0 aromatic carbocycles. The van der Waals surface area contributed by atoms with Crippen LogP contribution in [0.5, 0.6) is 0 Å². The standard InChI is InChI=1S/C12H14N2O3/c15-11(8-3-1-2-4-8)14-10-6-5-9(7-13-10)12(16)17/h5-8H,1-4H2,(H,16,17)(H,13,14,15). The number of amides is 1. The molecular formula is C12H14N2O3. The highest BCUT2D eigenvalue weighted by atomic mass is 16.4. The summed E-state index contributed by atoms with van der Waals surface area (Å²) < 4.78 is 0. The van der Waals surface area contributed by atoms with Crippen LogP contribution in [-0.4, -0.2) is 22.0 Å². The molecule has 1 amide bonds. The van der Waals surface area contributed by atoms with Gasteiger partial charge in [0.1, 0.15) is 5.82 Å². The van der Waals surface area contributed by atoms with Gasteiger partial charge in [0.05, 0.1) is 5.56 Å². The van der Waals surface area contributed by atoms with E-state index in [0.29, 0.717) is 5.82 Å². The van der Waals surface area contributed by atoms with E-state index in [-0.39, 0.29) is 17.4 Å². The summed E-state index contributed by atoms with van der Waals surface area (Å²) in [5.74, 6) is -0.549. The minimum absolute atomic E-state index is 0.0157. The van der Waals surface area contributed by atoms with Gasteiger partial charge in [-0.1, -0.05) is 12.8 Å². The Bertz CT molecular complexity index is 422. The van der Waals surface area contributed by atoms with Gasteiger partial charge in [-0.3, -0.25) is 4.79 Å². The van der Waals surface area contributed by atoms with Crippen LogP contribution < -0.4 is 5.32 Å². The van der Waals surface area contributed by atoms with Crippen molar-refractivity contribution in [2.75, 3.05) is 5.32 Å². The molecule has 0 unspecified atom stereocenters. The zero-order chi connectivity index (χ0) is 12.3. The molecule has 1 aromatic heterocycles. The van der Waals surface area contributed by atoms with Crippen molar-refractivity contribution in [1.29, 1.82) is 0 Å². The first kappa shape index (κ1) is 11.6. The van der Waals surface area contributed by atoms with Crippen LogP contribution in [0.4, 0.5) is 5.82 Å².